The molecule has 0 N–H and O–H groups in total. The van der Waals surface area contributed by atoms with Crippen LogP contribution in [0.3, 0.4) is 0 Å². The molecule has 2 rings (SSSR count). The first-order valence-electron chi connectivity index (χ1n) is 4.84. The second-order valence-corrected chi connectivity index (χ2v) is 4.78. The minimum absolute atomic E-state index is 0.389. The average Bonchev–Trinajstić information content (AvgIpc) is 2.44. The predicted octanol–water partition coefficient (Wildman–Crippen LogP) is 4.07. The van der Waals surface area contributed by atoms with Crippen LogP contribution in [-0.4, -0.2) is 9.38 Å². The zero-order chi connectivity index (χ0) is 11.2. The minimum atomic E-state index is 0.389. The molecule has 0 fully saturated rings. The molecule has 0 bridgehead atoms. The van der Waals surface area contributed by atoms with E-state index in [0.29, 0.717) is 16.0 Å². The van der Waals surface area contributed by atoms with Crippen LogP contribution in [0.4, 0.5) is 0 Å². The number of fused-ring (bicyclic) bond motifs is 1. The third-order valence-corrected chi connectivity index (χ3v) is 2.95. The van der Waals surface area contributed by atoms with Gasteiger partial charge in [-0.05, 0) is 18.9 Å². The lowest BCUT2D eigenvalue weighted by molar-refractivity contribution is 0.821. The molecule has 2 nitrogen and oxygen atoms in total. The number of aryl methyl sites for hydroxylation is 1. The highest BCUT2D eigenvalue weighted by molar-refractivity contribution is 6.36. The maximum absolute atomic E-state index is 6.08. The van der Waals surface area contributed by atoms with Crippen LogP contribution >= 0.6 is 23.2 Å². The molecule has 0 atom stereocenters. The molecule has 0 amide bonds. The smallest absolute Gasteiger partial charge is 0.156 e. The van der Waals surface area contributed by atoms with Gasteiger partial charge in [-0.2, -0.15) is 0 Å². The van der Waals surface area contributed by atoms with Gasteiger partial charge in [0.1, 0.15) is 0 Å². The lowest BCUT2D eigenvalue weighted by atomic mass is 10.1. The Labute approximate surface area is 98.8 Å². The van der Waals surface area contributed by atoms with Crippen LogP contribution in [0, 0.1) is 6.92 Å². The molecular formula is C11H12Cl2N2. The van der Waals surface area contributed by atoms with Crippen molar-refractivity contribution >= 4 is 28.8 Å². The number of imidazole rings is 1. The van der Waals surface area contributed by atoms with Gasteiger partial charge >= 0.3 is 0 Å². The molecule has 0 saturated heterocycles. The standard InChI is InChI=1S/C11H12Cl2N2/c1-6(2)10-7(3)15-5-8(12)4-9(13)11(15)14-10/h4-6H,1-3H3. The summed E-state index contributed by atoms with van der Waals surface area (Å²) in [6.45, 7) is 6.26. The zero-order valence-electron chi connectivity index (χ0n) is 8.88. The van der Waals surface area contributed by atoms with Gasteiger partial charge < -0.3 is 4.40 Å². The molecule has 0 aliphatic heterocycles. The third-order valence-electron chi connectivity index (χ3n) is 2.46. The summed E-state index contributed by atoms with van der Waals surface area (Å²) in [5.41, 5.74) is 2.95. The van der Waals surface area contributed by atoms with Crippen molar-refractivity contribution in [1.29, 1.82) is 0 Å². The van der Waals surface area contributed by atoms with Gasteiger partial charge in [-0.15, -0.1) is 0 Å². The first kappa shape index (κ1) is 10.8. The van der Waals surface area contributed by atoms with Crippen molar-refractivity contribution in [3.63, 3.8) is 0 Å². The molecule has 2 aromatic rings. The molecule has 0 aromatic carbocycles. The molecule has 0 saturated carbocycles. The van der Waals surface area contributed by atoms with Crippen LogP contribution in [0.15, 0.2) is 12.3 Å². The number of hydrogen-bond acceptors (Lipinski definition) is 1. The second-order valence-electron chi connectivity index (χ2n) is 3.94. The molecule has 0 aliphatic carbocycles. The van der Waals surface area contributed by atoms with Crippen LogP contribution in [0.1, 0.15) is 31.2 Å². The molecule has 2 heterocycles. The first-order valence-corrected chi connectivity index (χ1v) is 5.60. The quantitative estimate of drug-likeness (QED) is 0.737. The van der Waals surface area contributed by atoms with Gasteiger partial charge in [0.25, 0.3) is 0 Å². The number of pyridine rings is 1. The van der Waals surface area contributed by atoms with Crippen molar-refractivity contribution < 1.29 is 0 Å². The SMILES string of the molecule is Cc1c(C(C)C)nc2c(Cl)cc(Cl)cn12. The van der Waals surface area contributed by atoms with Crippen molar-refractivity contribution in [2.75, 3.05) is 0 Å². The van der Waals surface area contributed by atoms with E-state index in [1.807, 2.05) is 17.5 Å². The summed E-state index contributed by atoms with van der Waals surface area (Å²) < 4.78 is 1.94. The summed E-state index contributed by atoms with van der Waals surface area (Å²) in [6, 6.07) is 1.72. The zero-order valence-corrected chi connectivity index (χ0v) is 10.4. The first-order chi connectivity index (χ1) is 7.00. The third kappa shape index (κ3) is 1.72. The van der Waals surface area contributed by atoms with E-state index in [2.05, 4.69) is 18.8 Å². The summed E-state index contributed by atoms with van der Waals surface area (Å²) in [5, 5.41) is 1.22. The average molecular weight is 243 g/mol. The summed E-state index contributed by atoms with van der Waals surface area (Å²) in [7, 11) is 0. The fourth-order valence-corrected chi connectivity index (χ4v) is 2.26. The van der Waals surface area contributed by atoms with Crippen LogP contribution in [0.5, 0.6) is 0 Å². The lowest BCUT2D eigenvalue weighted by Crippen LogP contribution is -1.92. The van der Waals surface area contributed by atoms with Gasteiger partial charge in [0.2, 0.25) is 0 Å². The normalized spacial score (nSPS) is 11.6. The summed E-state index contributed by atoms with van der Waals surface area (Å²) >= 11 is 12.0. The largest absolute Gasteiger partial charge is 0.301 e. The maximum atomic E-state index is 6.08. The molecule has 0 unspecified atom stereocenters. The lowest BCUT2D eigenvalue weighted by Gasteiger charge is -2.01. The van der Waals surface area contributed by atoms with E-state index in [9.17, 15) is 0 Å². The Morgan fingerprint density at radius 1 is 1.33 bits per heavy atom. The summed E-state index contributed by atoms with van der Waals surface area (Å²) in [4.78, 5) is 4.52. The van der Waals surface area contributed by atoms with E-state index in [-0.39, 0.29) is 0 Å². The van der Waals surface area contributed by atoms with Crippen molar-refractivity contribution in [3.05, 3.63) is 33.7 Å². The fourth-order valence-electron chi connectivity index (χ4n) is 1.75. The Morgan fingerprint density at radius 3 is 2.60 bits per heavy atom. The van der Waals surface area contributed by atoms with Crippen molar-refractivity contribution in [2.24, 2.45) is 0 Å². The Bertz CT molecular complexity index is 515. The van der Waals surface area contributed by atoms with E-state index in [0.717, 1.165) is 17.0 Å². The monoisotopic (exact) mass is 242 g/mol. The van der Waals surface area contributed by atoms with E-state index >= 15 is 0 Å². The van der Waals surface area contributed by atoms with E-state index in [4.69, 9.17) is 23.2 Å². The van der Waals surface area contributed by atoms with Crippen molar-refractivity contribution in [3.8, 4) is 0 Å². The van der Waals surface area contributed by atoms with Crippen molar-refractivity contribution in [1.82, 2.24) is 9.38 Å². The van der Waals surface area contributed by atoms with Gasteiger partial charge in [0, 0.05) is 11.9 Å². The highest BCUT2D eigenvalue weighted by Crippen LogP contribution is 2.26. The molecule has 0 aliphatic rings. The van der Waals surface area contributed by atoms with Gasteiger partial charge in [0.05, 0.1) is 15.7 Å². The summed E-state index contributed by atoms with van der Waals surface area (Å²) in [6.07, 6.45) is 1.84. The number of rotatable bonds is 1. The summed E-state index contributed by atoms with van der Waals surface area (Å²) in [5.74, 6) is 0.389. The van der Waals surface area contributed by atoms with Gasteiger partial charge in [0.15, 0.2) is 5.65 Å². The fraction of sp³-hybridized carbons (Fsp3) is 0.364. The number of halogens is 2. The molecule has 0 radical (unpaired) electrons. The van der Waals surface area contributed by atoms with Crippen molar-refractivity contribution in [2.45, 2.75) is 26.7 Å². The van der Waals surface area contributed by atoms with Gasteiger partial charge in [-0.1, -0.05) is 37.0 Å². The number of nitrogens with zero attached hydrogens (tertiary/aromatic N) is 2. The molecule has 0 spiro atoms. The van der Waals surface area contributed by atoms with Crippen LogP contribution < -0.4 is 0 Å². The van der Waals surface area contributed by atoms with Crippen LogP contribution in [-0.2, 0) is 0 Å². The highest BCUT2D eigenvalue weighted by Gasteiger charge is 2.13. The number of aromatic nitrogens is 2. The Hall–Kier alpha value is -0.730. The van der Waals surface area contributed by atoms with E-state index in [1.165, 1.54) is 0 Å². The number of hydrogen-bond donors (Lipinski definition) is 0. The molecule has 2 aromatic heterocycles. The minimum Gasteiger partial charge on any atom is -0.301 e. The Balaban J connectivity index is 2.82. The maximum Gasteiger partial charge on any atom is 0.156 e. The Kier molecular flexibility index (Phi) is 2.65. The molecule has 4 heteroatoms. The van der Waals surface area contributed by atoms with Gasteiger partial charge in [-0.25, -0.2) is 4.98 Å². The molecule has 15 heavy (non-hydrogen) atoms. The van der Waals surface area contributed by atoms with Crippen LogP contribution in [0.25, 0.3) is 5.65 Å². The van der Waals surface area contributed by atoms with E-state index < -0.39 is 0 Å². The second kappa shape index (κ2) is 3.69. The van der Waals surface area contributed by atoms with E-state index in [1.54, 1.807) is 6.07 Å². The highest BCUT2D eigenvalue weighted by atomic mass is 35.5. The topological polar surface area (TPSA) is 17.3 Å². The molecular weight excluding hydrogens is 231 g/mol. The Morgan fingerprint density at radius 2 is 2.00 bits per heavy atom. The van der Waals surface area contributed by atoms with Gasteiger partial charge in [-0.3, -0.25) is 0 Å². The molecule has 80 valence electrons. The predicted molar refractivity (Wildman–Crippen MR) is 64.0 cm³/mol. The van der Waals surface area contributed by atoms with Crippen LogP contribution in [0.2, 0.25) is 10.0 Å².